The number of hydrogen-bond donors (Lipinski definition) is 0. The fourth-order valence-corrected chi connectivity index (χ4v) is 4.50. The second-order valence-electron chi connectivity index (χ2n) is 8.05. The third-order valence-electron chi connectivity index (χ3n) is 5.23. The van der Waals surface area contributed by atoms with E-state index in [1.54, 1.807) is 0 Å². The molecule has 22 heavy (non-hydrogen) atoms. The summed E-state index contributed by atoms with van der Waals surface area (Å²) in [5.41, 5.74) is 0.846. The van der Waals surface area contributed by atoms with Gasteiger partial charge >= 0.3 is 0 Å². The van der Waals surface area contributed by atoms with Gasteiger partial charge in [-0.05, 0) is 30.4 Å². The molecule has 0 amide bonds. The van der Waals surface area contributed by atoms with Crippen molar-refractivity contribution in [2.75, 3.05) is 6.61 Å². The minimum atomic E-state index is -1.86. The van der Waals surface area contributed by atoms with Crippen molar-refractivity contribution >= 4 is 19.1 Å². The third-order valence-corrected chi connectivity index (χ3v) is 9.80. The van der Waals surface area contributed by atoms with Gasteiger partial charge in [0.2, 0.25) is 0 Å². The van der Waals surface area contributed by atoms with Gasteiger partial charge in [0, 0.05) is 10.9 Å². The summed E-state index contributed by atoms with van der Waals surface area (Å²) in [5, 5.41) is 2.59. The number of rotatable bonds is 2. The molecule has 1 atom stereocenters. The van der Waals surface area contributed by atoms with Crippen LogP contribution in [0.15, 0.2) is 36.4 Å². The summed E-state index contributed by atoms with van der Waals surface area (Å²) in [6.07, 6.45) is 0. The smallest absolute Gasteiger partial charge is 0.193 e. The molecule has 1 heterocycles. The topological polar surface area (TPSA) is 18.5 Å². The molecule has 1 aliphatic rings. The summed E-state index contributed by atoms with van der Waals surface area (Å²) in [5.74, 6) is 0.999. The Morgan fingerprint density at radius 3 is 2.45 bits per heavy atom. The summed E-state index contributed by atoms with van der Waals surface area (Å²) in [4.78, 5) is 0. The molecule has 2 aromatic carbocycles. The van der Waals surface area contributed by atoms with E-state index in [1.807, 2.05) is 0 Å². The van der Waals surface area contributed by atoms with Gasteiger partial charge in [0.25, 0.3) is 0 Å². The highest BCUT2D eigenvalue weighted by Gasteiger charge is 2.47. The Morgan fingerprint density at radius 2 is 1.77 bits per heavy atom. The molecule has 118 valence electrons. The van der Waals surface area contributed by atoms with Crippen LogP contribution >= 0.6 is 0 Å². The Bertz CT molecular complexity index is 715. The third kappa shape index (κ3) is 2.36. The molecular formula is C19H26O2Si. The SMILES string of the molecule is CC(C)(C)[Si](C)(C)O[C@@]1(C)COc2c1ccc1ccccc21. The lowest BCUT2D eigenvalue weighted by Gasteiger charge is -2.42. The van der Waals surface area contributed by atoms with E-state index < -0.39 is 8.32 Å². The largest absolute Gasteiger partial charge is 0.489 e. The minimum absolute atomic E-state index is 0.190. The zero-order chi connectivity index (χ0) is 16.2. The van der Waals surface area contributed by atoms with Gasteiger partial charge in [-0.15, -0.1) is 0 Å². The molecular weight excluding hydrogens is 288 g/mol. The number of ether oxygens (including phenoxy) is 1. The van der Waals surface area contributed by atoms with E-state index in [2.05, 4.69) is 77.2 Å². The van der Waals surface area contributed by atoms with E-state index in [0.717, 1.165) is 5.75 Å². The maximum atomic E-state index is 6.74. The van der Waals surface area contributed by atoms with Crippen LogP contribution < -0.4 is 4.74 Å². The van der Waals surface area contributed by atoms with Gasteiger partial charge in [0.15, 0.2) is 8.32 Å². The molecule has 0 saturated heterocycles. The van der Waals surface area contributed by atoms with Gasteiger partial charge in [0.05, 0.1) is 0 Å². The molecule has 0 unspecified atom stereocenters. The summed E-state index contributed by atoms with van der Waals surface area (Å²) in [6, 6.07) is 12.7. The molecule has 2 nitrogen and oxygen atoms in total. The molecule has 0 aliphatic carbocycles. The fraction of sp³-hybridized carbons (Fsp3) is 0.474. The summed E-state index contributed by atoms with van der Waals surface area (Å²) in [6.45, 7) is 14.2. The minimum Gasteiger partial charge on any atom is -0.489 e. The quantitative estimate of drug-likeness (QED) is 0.684. The van der Waals surface area contributed by atoms with Crippen molar-refractivity contribution < 1.29 is 9.16 Å². The lowest BCUT2D eigenvalue weighted by atomic mass is 9.95. The van der Waals surface area contributed by atoms with Crippen LogP contribution in [0.3, 0.4) is 0 Å². The van der Waals surface area contributed by atoms with Gasteiger partial charge in [-0.25, -0.2) is 0 Å². The summed E-state index contributed by atoms with van der Waals surface area (Å²) >= 11 is 0. The fourth-order valence-electron chi connectivity index (χ4n) is 2.90. The van der Waals surface area contributed by atoms with Crippen LogP contribution in [0.25, 0.3) is 10.8 Å². The van der Waals surface area contributed by atoms with E-state index in [0.29, 0.717) is 6.61 Å². The Hall–Kier alpha value is -1.32. The van der Waals surface area contributed by atoms with Crippen LogP contribution in [0, 0.1) is 0 Å². The Balaban J connectivity index is 2.05. The molecule has 2 aromatic rings. The molecule has 0 saturated carbocycles. The lowest BCUT2D eigenvalue weighted by molar-refractivity contribution is 0.0467. The maximum absolute atomic E-state index is 6.74. The monoisotopic (exact) mass is 314 g/mol. The predicted molar refractivity (Wildman–Crippen MR) is 95.1 cm³/mol. The van der Waals surface area contributed by atoms with Crippen LogP contribution in [0.5, 0.6) is 5.75 Å². The van der Waals surface area contributed by atoms with Gasteiger partial charge in [-0.3, -0.25) is 0 Å². The first-order chi connectivity index (χ1) is 10.1. The van der Waals surface area contributed by atoms with Crippen LogP contribution in [0.4, 0.5) is 0 Å². The van der Waals surface area contributed by atoms with Crippen molar-refractivity contribution in [1.82, 2.24) is 0 Å². The molecule has 0 bridgehead atoms. The second kappa shape index (κ2) is 4.84. The first-order valence-electron chi connectivity index (χ1n) is 7.99. The zero-order valence-corrected chi connectivity index (χ0v) is 15.5. The highest BCUT2D eigenvalue weighted by atomic mass is 28.4. The molecule has 3 rings (SSSR count). The first kappa shape index (κ1) is 15.6. The average Bonchev–Trinajstić information content (AvgIpc) is 2.74. The van der Waals surface area contributed by atoms with Crippen molar-refractivity contribution in [2.24, 2.45) is 0 Å². The lowest BCUT2D eigenvalue weighted by Crippen LogP contribution is -2.48. The van der Waals surface area contributed by atoms with Crippen LogP contribution in [-0.2, 0) is 10.0 Å². The van der Waals surface area contributed by atoms with Gasteiger partial charge < -0.3 is 9.16 Å². The second-order valence-corrected chi connectivity index (χ2v) is 12.8. The van der Waals surface area contributed by atoms with E-state index in [-0.39, 0.29) is 10.6 Å². The molecule has 0 fully saturated rings. The number of fused-ring (bicyclic) bond motifs is 3. The van der Waals surface area contributed by atoms with Crippen molar-refractivity contribution in [3.8, 4) is 5.75 Å². The summed E-state index contributed by atoms with van der Waals surface area (Å²) in [7, 11) is -1.86. The highest BCUT2D eigenvalue weighted by Crippen LogP contribution is 2.48. The molecule has 0 aromatic heterocycles. The molecule has 0 N–H and O–H groups in total. The van der Waals surface area contributed by atoms with E-state index in [4.69, 9.17) is 9.16 Å². The molecule has 3 heteroatoms. The molecule has 0 spiro atoms. The van der Waals surface area contributed by atoms with Crippen LogP contribution in [-0.4, -0.2) is 14.9 Å². The van der Waals surface area contributed by atoms with E-state index in [1.165, 1.54) is 16.3 Å². The van der Waals surface area contributed by atoms with Crippen molar-refractivity contribution in [2.45, 2.75) is 51.4 Å². The Labute approximate surface area is 134 Å². The van der Waals surface area contributed by atoms with E-state index >= 15 is 0 Å². The average molecular weight is 315 g/mol. The first-order valence-corrected chi connectivity index (χ1v) is 10.9. The number of benzene rings is 2. The van der Waals surface area contributed by atoms with Crippen molar-refractivity contribution in [3.05, 3.63) is 42.0 Å². The number of hydrogen-bond acceptors (Lipinski definition) is 2. The van der Waals surface area contributed by atoms with E-state index in [9.17, 15) is 0 Å². The van der Waals surface area contributed by atoms with Crippen molar-refractivity contribution in [3.63, 3.8) is 0 Å². The van der Waals surface area contributed by atoms with Crippen molar-refractivity contribution in [1.29, 1.82) is 0 Å². The highest BCUT2D eigenvalue weighted by molar-refractivity contribution is 6.74. The van der Waals surface area contributed by atoms with Gasteiger partial charge in [-0.2, -0.15) is 0 Å². The maximum Gasteiger partial charge on any atom is 0.193 e. The zero-order valence-electron chi connectivity index (χ0n) is 14.5. The Morgan fingerprint density at radius 1 is 1.09 bits per heavy atom. The van der Waals surface area contributed by atoms with Gasteiger partial charge in [-0.1, -0.05) is 57.2 Å². The Kier molecular flexibility index (Phi) is 3.42. The predicted octanol–water partition coefficient (Wildman–Crippen LogP) is 5.47. The molecule has 0 radical (unpaired) electrons. The van der Waals surface area contributed by atoms with Crippen LogP contribution in [0.1, 0.15) is 33.3 Å². The van der Waals surface area contributed by atoms with Gasteiger partial charge in [0.1, 0.15) is 18.0 Å². The standard InChI is InChI=1S/C19H26O2Si/c1-18(2,3)22(5,6)21-19(4)13-20-17-15-10-8-7-9-14(15)11-12-16(17)19/h7-12H,13H2,1-6H3/t19-/m0/s1. The molecule has 1 aliphatic heterocycles. The summed E-state index contributed by atoms with van der Waals surface area (Å²) < 4.78 is 12.8. The normalized spacial score (nSPS) is 21.7. The van der Waals surface area contributed by atoms with Crippen LogP contribution in [0.2, 0.25) is 18.1 Å².